The number of aromatic amines is 1. The fourth-order valence-corrected chi connectivity index (χ4v) is 5.14. The van der Waals surface area contributed by atoms with E-state index in [-0.39, 0.29) is 24.2 Å². The van der Waals surface area contributed by atoms with Crippen LogP contribution in [0.2, 0.25) is 0 Å². The Labute approximate surface area is 280 Å². The number of carboxylic acids is 1. The minimum Gasteiger partial charge on any atom is -0.481 e. The van der Waals surface area contributed by atoms with Gasteiger partial charge in [0.2, 0.25) is 29.5 Å². The van der Waals surface area contributed by atoms with Gasteiger partial charge in [0.15, 0.2) is 0 Å². The Morgan fingerprint density at radius 1 is 0.771 bits per heavy atom. The summed E-state index contributed by atoms with van der Waals surface area (Å²) < 4.78 is 0. The van der Waals surface area contributed by atoms with Crippen molar-refractivity contribution in [3.63, 3.8) is 0 Å². The number of para-hydroxylation sites is 1. The molecule has 0 saturated carbocycles. The molecule has 7 N–H and O–H groups in total. The first-order valence-corrected chi connectivity index (χ1v) is 16.3. The highest BCUT2D eigenvalue weighted by atomic mass is 16.4. The average molecular weight is 671 g/mol. The number of aliphatic carboxylic acids is 1. The van der Waals surface area contributed by atoms with Gasteiger partial charge in [0.05, 0.1) is 12.5 Å². The molecule has 5 amide bonds. The van der Waals surface area contributed by atoms with Crippen molar-refractivity contribution in [1.29, 1.82) is 0 Å². The summed E-state index contributed by atoms with van der Waals surface area (Å²) in [5, 5.41) is 23.4. The molecular formula is C34H50N6O8. The molecular weight excluding hydrogens is 620 g/mol. The first kappa shape index (κ1) is 39.4. The quantitative estimate of drug-likeness (QED) is 0.109. The van der Waals surface area contributed by atoms with E-state index in [9.17, 15) is 38.7 Å². The largest absolute Gasteiger partial charge is 0.481 e. The number of carbonyl (C=O) groups is 7. The van der Waals surface area contributed by atoms with E-state index in [1.54, 1.807) is 27.0 Å². The number of aromatic nitrogens is 1. The lowest BCUT2D eigenvalue weighted by atomic mass is 9.94. The third-order valence-electron chi connectivity index (χ3n) is 8.56. The van der Waals surface area contributed by atoms with E-state index in [1.165, 1.54) is 6.92 Å². The summed E-state index contributed by atoms with van der Waals surface area (Å²) in [4.78, 5) is 92.4. The molecule has 2 aromatic rings. The van der Waals surface area contributed by atoms with Crippen LogP contribution >= 0.6 is 0 Å². The number of carboxylic acid groups (broad SMARTS) is 1. The summed E-state index contributed by atoms with van der Waals surface area (Å²) in [6, 6.07) is 1.56. The maximum Gasteiger partial charge on any atom is 0.305 e. The van der Waals surface area contributed by atoms with Crippen LogP contribution in [0.25, 0.3) is 10.9 Å². The second kappa shape index (κ2) is 18.6. The first-order chi connectivity index (χ1) is 22.6. The predicted molar refractivity (Wildman–Crippen MR) is 179 cm³/mol. The van der Waals surface area contributed by atoms with Gasteiger partial charge in [0.25, 0.3) is 0 Å². The Morgan fingerprint density at radius 2 is 1.31 bits per heavy atom. The number of fused-ring (bicyclic) bond motifs is 1. The molecule has 0 bridgehead atoms. The molecule has 1 heterocycles. The molecule has 1 aromatic carbocycles. The Bertz CT molecular complexity index is 1460. The van der Waals surface area contributed by atoms with Crippen molar-refractivity contribution >= 4 is 52.7 Å². The molecule has 48 heavy (non-hydrogen) atoms. The number of H-pyrrole nitrogens is 1. The summed E-state index contributed by atoms with van der Waals surface area (Å²) in [5.74, 6) is -5.62. The Kier molecular flexibility index (Phi) is 15.2. The number of amides is 5. The summed E-state index contributed by atoms with van der Waals surface area (Å²) in [5.41, 5.74) is 1.45. The fraction of sp³-hybridized carbons (Fsp3) is 0.559. The van der Waals surface area contributed by atoms with E-state index in [4.69, 9.17) is 0 Å². The Hall–Kier alpha value is -4.75. The van der Waals surface area contributed by atoms with E-state index in [0.717, 1.165) is 10.9 Å². The van der Waals surface area contributed by atoms with Gasteiger partial charge in [0, 0.05) is 30.4 Å². The van der Waals surface area contributed by atoms with E-state index in [2.05, 4.69) is 31.6 Å². The molecule has 0 spiro atoms. The van der Waals surface area contributed by atoms with Crippen LogP contribution in [-0.4, -0.2) is 82.1 Å². The highest BCUT2D eigenvalue weighted by molar-refractivity contribution is 5.97. The predicted octanol–water partition coefficient (Wildman–Crippen LogP) is 1.58. The van der Waals surface area contributed by atoms with Crippen LogP contribution in [-0.2, 0) is 40.0 Å². The monoisotopic (exact) mass is 670 g/mol. The minimum atomic E-state index is -1.56. The Balaban J connectivity index is 2.46. The summed E-state index contributed by atoms with van der Waals surface area (Å²) in [6.07, 6.45) is 2.47. The van der Waals surface area contributed by atoms with Crippen molar-refractivity contribution < 1.29 is 38.7 Å². The van der Waals surface area contributed by atoms with Crippen molar-refractivity contribution in [2.75, 3.05) is 0 Å². The lowest BCUT2D eigenvalue weighted by Gasteiger charge is -2.30. The summed E-state index contributed by atoms with van der Waals surface area (Å²) in [6.45, 7) is 12.0. The molecule has 0 fully saturated rings. The lowest BCUT2D eigenvalue weighted by Crippen LogP contribution is -2.61. The molecule has 14 heteroatoms. The highest BCUT2D eigenvalue weighted by Gasteiger charge is 2.35. The summed E-state index contributed by atoms with van der Waals surface area (Å²) in [7, 11) is 0. The van der Waals surface area contributed by atoms with Gasteiger partial charge in [-0.25, -0.2) is 0 Å². The van der Waals surface area contributed by atoms with E-state index >= 15 is 0 Å². The molecule has 7 atom stereocenters. The number of rotatable bonds is 19. The van der Waals surface area contributed by atoms with E-state index in [1.807, 2.05) is 45.0 Å². The van der Waals surface area contributed by atoms with Gasteiger partial charge >= 0.3 is 5.97 Å². The Morgan fingerprint density at radius 3 is 1.85 bits per heavy atom. The molecule has 0 saturated heterocycles. The number of benzene rings is 1. The van der Waals surface area contributed by atoms with Crippen molar-refractivity contribution in [2.24, 2.45) is 17.8 Å². The van der Waals surface area contributed by atoms with Gasteiger partial charge in [-0.1, -0.05) is 72.6 Å². The smallest absolute Gasteiger partial charge is 0.305 e. The molecule has 2 rings (SSSR count). The van der Waals surface area contributed by atoms with Crippen molar-refractivity contribution in [3.05, 3.63) is 36.0 Å². The van der Waals surface area contributed by atoms with Crippen LogP contribution in [0.1, 0.15) is 73.3 Å². The number of aldehydes is 1. The number of hydrogen-bond acceptors (Lipinski definition) is 7. The van der Waals surface area contributed by atoms with E-state index < -0.39 is 72.1 Å². The molecule has 0 unspecified atom stereocenters. The second-order valence-electron chi connectivity index (χ2n) is 12.6. The number of carbonyl (C=O) groups excluding carboxylic acids is 6. The van der Waals surface area contributed by atoms with Gasteiger partial charge in [-0.05, 0) is 29.4 Å². The highest BCUT2D eigenvalue weighted by Crippen LogP contribution is 2.20. The van der Waals surface area contributed by atoms with Crippen molar-refractivity contribution in [1.82, 2.24) is 31.6 Å². The van der Waals surface area contributed by atoms with Crippen LogP contribution in [0.4, 0.5) is 0 Å². The second-order valence-corrected chi connectivity index (χ2v) is 12.6. The fourth-order valence-electron chi connectivity index (χ4n) is 5.14. The SMILES string of the molecule is CC[C@H](C)[C@H](NC(C)=O)C(=O)N[C@H](C(=O)N[C@@H](Cc1c[nH]c2ccccc12)C(=O)N[C@@H](CC(=O)O)C(=O)N[C@H](C=O)C(C)C)[C@@H](C)CC. The standard InChI is InChI=1S/C34H50N6O8/c1-8-19(5)29(36-21(7)42)34(48)40-30(20(6)9-2)33(47)38-25(14-22-16-35-24-13-11-10-12-23(22)24)31(45)37-26(15-28(43)44)32(46)39-27(17-41)18(3)4/h10-13,16-20,25-27,29-30,35H,8-9,14-15H2,1-7H3,(H,36,42)(H,37,45)(H,38,47)(H,39,46)(H,40,48)(H,43,44)/t19-,20-,25-,26-,27+,29-,30-/m0/s1. The number of nitrogens with one attached hydrogen (secondary N) is 6. The van der Waals surface area contributed by atoms with Crippen molar-refractivity contribution in [2.45, 2.75) is 104 Å². The molecule has 14 nitrogen and oxygen atoms in total. The average Bonchev–Trinajstić information content (AvgIpc) is 3.45. The lowest BCUT2D eigenvalue weighted by molar-refractivity contribution is -0.141. The third kappa shape index (κ3) is 11.2. The van der Waals surface area contributed by atoms with Crippen LogP contribution in [0.5, 0.6) is 0 Å². The van der Waals surface area contributed by atoms with Crippen LogP contribution < -0.4 is 26.6 Å². The van der Waals surface area contributed by atoms with Gasteiger partial charge in [-0.15, -0.1) is 0 Å². The zero-order valence-electron chi connectivity index (χ0n) is 28.7. The molecule has 0 radical (unpaired) electrons. The van der Waals surface area contributed by atoms with Crippen molar-refractivity contribution in [3.8, 4) is 0 Å². The zero-order valence-corrected chi connectivity index (χ0v) is 28.7. The summed E-state index contributed by atoms with van der Waals surface area (Å²) >= 11 is 0. The molecule has 0 aliphatic rings. The molecule has 1 aromatic heterocycles. The minimum absolute atomic E-state index is 0.0471. The van der Waals surface area contributed by atoms with Gasteiger partial charge in [-0.3, -0.25) is 28.8 Å². The van der Waals surface area contributed by atoms with Crippen LogP contribution in [0.3, 0.4) is 0 Å². The van der Waals surface area contributed by atoms with E-state index in [0.29, 0.717) is 24.7 Å². The maximum absolute atomic E-state index is 13.9. The van der Waals surface area contributed by atoms with Crippen LogP contribution in [0.15, 0.2) is 30.5 Å². The molecule has 0 aliphatic heterocycles. The van der Waals surface area contributed by atoms with Gasteiger partial charge in [-0.2, -0.15) is 0 Å². The third-order valence-corrected chi connectivity index (χ3v) is 8.56. The van der Waals surface area contributed by atoms with Crippen LogP contribution in [0, 0.1) is 17.8 Å². The number of hydrogen-bond donors (Lipinski definition) is 7. The maximum atomic E-state index is 13.9. The molecule has 0 aliphatic carbocycles. The van der Waals surface area contributed by atoms with Gasteiger partial charge < -0.3 is 41.5 Å². The topological polar surface area (TPSA) is 216 Å². The normalized spacial score (nSPS) is 15.6. The first-order valence-electron chi connectivity index (χ1n) is 16.3. The zero-order chi connectivity index (χ0) is 36.1. The van der Waals surface area contributed by atoms with Gasteiger partial charge in [0.1, 0.15) is 30.5 Å². The molecule has 264 valence electrons.